The minimum Gasteiger partial charge on any atom is -0.377 e. The zero-order valence-corrected chi connectivity index (χ0v) is 18.7. The average molecular weight is 459 g/mol. The van der Waals surface area contributed by atoms with Crippen LogP contribution in [0.5, 0.6) is 0 Å². The molecular weight excluding hydrogens is 425 g/mol. The van der Waals surface area contributed by atoms with Gasteiger partial charge < -0.3 is 4.74 Å². The summed E-state index contributed by atoms with van der Waals surface area (Å²) in [7, 11) is -0.838. The molecule has 1 saturated carbocycles. The van der Waals surface area contributed by atoms with Gasteiger partial charge in [-0.25, -0.2) is 0 Å². The lowest BCUT2D eigenvalue weighted by Crippen LogP contribution is -2.57. The first-order valence-electron chi connectivity index (χ1n) is 11.5. The molecule has 4 nitrogen and oxygen atoms in total. The molecule has 8 heteroatoms. The number of likely N-dealkylation sites (tertiary alicyclic amines) is 1. The molecule has 1 aromatic carbocycles. The van der Waals surface area contributed by atoms with Crippen molar-refractivity contribution in [3.8, 4) is 0 Å². The maximum atomic E-state index is 13.1. The van der Waals surface area contributed by atoms with Crippen molar-refractivity contribution >= 4 is 10.8 Å². The first kappa shape index (κ1) is 23.2. The van der Waals surface area contributed by atoms with Crippen molar-refractivity contribution in [3.63, 3.8) is 0 Å². The fourth-order valence-electron chi connectivity index (χ4n) is 5.28. The molecule has 2 heterocycles. The van der Waals surface area contributed by atoms with Crippen molar-refractivity contribution in [2.45, 2.75) is 62.0 Å². The number of nitrogens with zero attached hydrogens (tertiary/aromatic N) is 1. The molecule has 0 spiro atoms. The second-order valence-corrected chi connectivity index (χ2v) is 11.0. The Morgan fingerprint density at radius 1 is 1.10 bits per heavy atom. The van der Waals surface area contributed by atoms with Gasteiger partial charge in [-0.05, 0) is 48.8 Å². The zero-order valence-electron chi connectivity index (χ0n) is 17.9. The SMILES string of the molecule is O=S(CC1CC(c2ccc(C(F)(F)F)cc2)CN(C2COCCN2)C1)C1CCCCC1. The van der Waals surface area contributed by atoms with Crippen LogP contribution >= 0.6 is 0 Å². The van der Waals surface area contributed by atoms with Gasteiger partial charge in [0.25, 0.3) is 0 Å². The molecule has 0 bridgehead atoms. The summed E-state index contributed by atoms with van der Waals surface area (Å²) in [6.07, 6.45) is 2.36. The molecule has 4 unspecified atom stereocenters. The number of benzene rings is 1. The number of nitrogens with one attached hydrogen (secondary N) is 1. The highest BCUT2D eigenvalue weighted by molar-refractivity contribution is 7.85. The van der Waals surface area contributed by atoms with Gasteiger partial charge in [0.15, 0.2) is 0 Å². The maximum Gasteiger partial charge on any atom is 0.416 e. The summed E-state index contributed by atoms with van der Waals surface area (Å²) in [4.78, 5) is 2.35. The quantitative estimate of drug-likeness (QED) is 0.720. The molecule has 4 rings (SSSR count). The summed E-state index contributed by atoms with van der Waals surface area (Å²) in [5, 5.41) is 3.81. The highest BCUT2D eigenvalue weighted by atomic mass is 32.2. The molecule has 2 saturated heterocycles. The van der Waals surface area contributed by atoms with E-state index in [9.17, 15) is 17.4 Å². The molecule has 3 fully saturated rings. The lowest BCUT2D eigenvalue weighted by Gasteiger charge is -2.43. The number of piperidine rings is 1. The Bertz CT molecular complexity index is 731. The van der Waals surface area contributed by atoms with Crippen LogP contribution in [0.25, 0.3) is 0 Å². The molecule has 1 aliphatic carbocycles. The van der Waals surface area contributed by atoms with Gasteiger partial charge in [-0.2, -0.15) is 13.2 Å². The maximum absolute atomic E-state index is 13.1. The van der Waals surface area contributed by atoms with E-state index in [0.717, 1.165) is 44.5 Å². The second kappa shape index (κ2) is 10.3. The summed E-state index contributed by atoms with van der Waals surface area (Å²) in [6.45, 7) is 3.74. The fourth-order valence-corrected chi connectivity index (χ4v) is 7.12. The predicted molar refractivity (Wildman–Crippen MR) is 116 cm³/mol. The number of halogens is 3. The van der Waals surface area contributed by atoms with E-state index in [1.165, 1.54) is 31.4 Å². The minimum absolute atomic E-state index is 0.108. The molecule has 1 N–H and O–H groups in total. The Kier molecular flexibility index (Phi) is 7.72. The Morgan fingerprint density at radius 2 is 1.84 bits per heavy atom. The van der Waals surface area contributed by atoms with Gasteiger partial charge in [0.1, 0.15) is 0 Å². The normalized spacial score (nSPS) is 30.2. The molecule has 31 heavy (non-hydrogen) atoms. The molecular formula is C23H33F3N2O2S. The van der Waals surface area contributed by atoms with Gasteiger partial charge in [0.2, 0.25) is 0 Å². The van der Waals surface area contributed by atoms with Crippen LogP contribution in [0.2, 0.25) is 0 Å². The lowest BCUT2D eigenvalue weighted by atomic mass is 9.84. The van der Waals surface area contributed by atoms with E-state index in [1.54, 1.807) is 12.1 Å². The molecule has 0 aromatic heterocycles. The smallest absolute Gasteiger partial charge is 0.377 e. The standard InChI is InChI=1S/C23H33F3N2O2S/c24-23(25,26)20-8-6-18(7-9-20)19-12-17(16-31(29)21-4-2-1-3-5-21)13-28(14-19)22-15-30-11-10-27-22/h6-9,17,19,21-22,27H,1-5,10-16H2. The van der Waals surface area contributed by atoms with Crippen LogP contribution in [-0.2, 0) is 21.7 Å². The van der Waals surface area contributed by atoms with Crippen LogP contribution < -0.4 is 5.32 Å². The van der Waals surface area contributed by atoms with Crippen LogP contribution in [0.4, 0.5) is 13.2 Å². The molecule has 0 amide bonds. The third kappa shape index (κ3) is 6.09. The van der Waals surface area contributed by atoms with E-state index < -0.39 is 22.5 Å². The van der Waals surface area contributed by atoms with Crippen LogP contribution in [0, 0.1) is 5.92 Å². The van der Waals surface area contributed by atoms with E-state index in [-0.39, 0.29) is 18.0 Å². The third-order valence-corrected chi connectivity index (χ3v) is 8.96. The van der Waals surface area contributed by atoms with Gasteiger partial charge in [-0.1, -0.05) is 31.4 Å². The van der Waals surface area contributed by atoms with Crippen molar-refractivity contribution < 1.29 is 22.1 Å². The van der Waals surface area contributed by atoms with Crippen molar-refractivity contribution in [2.75, 3.05) is 38.6 Å². The molecule has 1 aromatic rings. The van der Waals surface area contributed by atoms with E-state index in [0.29, 0.717) is 24.2 Å². The number of morpholine rings is 1. The van der Waals surface area contributed by atoms with Crippen molar-refractivity contribution in [3.05, 3.63) is 35.4 Å². The summed E-state index contributed by atoms with van der Waals surface area (Å²) >= 11 is 0. The number of alkyl halides is 3. The van der Waals surface area contributed by atoms with E-state index in [1.807, 2.05) is 0 Å². The van der Waals surface area contributed by atoms with Crippen LogP contribution in [-0.4, -0.2) is 59.1 Å². The first-order valence-corrected chi connectivity index (χ1v) is 12.9. The van der Waals surface area contributed by atoms with E-state index >= 15 is 0 Å². The number of hydrogen-bond acceptors (Lipinski definition) is 4. The van der Waals surface area contributed by atoms with Crippen LogP contribution in [0.15, 0.2) is 24.3 Å². The average Bonchev–Trinajstić information content (AvgIpc) is 2.79. The molecule has 3 aliphatic rings. The minimum atomic E-state index is -4.32. The van der Waals surface area contributed by atoms with E-state index in [4.69, 9.17) is 4.74 Å². The lowest BCUT2D eigenvalue weighted by molar-refractivity contribution is -0.137. The Hall–Kier alpha value is -0.960. The van der Waals surface area contributed by atoms with Gasteiger partial charge >= 0.3 is 6.18 Å². The van der Waals surface area contributed by atoms with Crippen molar-refractivity contribution in [1.29, 1.82) is 0 Å². The van der Waals surface area contributed by atoms with Crippen molar-refractivity contribution in [2.24, 2.45) is 5.92 Å². The predicted octanol–water partition coefficient (Wildman–Crippen LogP) is 4.14. The van der Waals surface area contributed by atoms with Gasteiger partial charge in [0, 0.05) is 41.4 Å². The second-order valence-electron chi connectivity index (χ2n) is 9.22. The summed E-state index contributed by atoms with van der Waals surface area (Å²) in [5.41, 5.74) is 0.323. The van der Waals surface area contributed by atoms with Crippen LogP contribution in [0.1, 0.15) is 55.6 Å². The Balaban J connectivity index is 1.48. The summed E-state index contributed by atoms with van der Waals surface area (Å²) in [5.74, 6) is 1.09. The highest BCUT2D eigenvalue weighted by Crippen LogP contribution is 2.35. The van der Waals surface area contributed by atoms with Crippen LogP contribution in [0.3, 0.4) is 0 Å². The molecule has 4 atom stereocenters. The highest BCUT2D eigenvalue weighted by Gasteiger charge is 2.35. The number of ether oxygens (including phenoxy) is 1. The van der Waals surface area contributed by atoms with Gasteiger partial charge in [0.05, 0.1) is 24.9 Å². The topological polar surface area (TPSA) is 41.6 Å². The number of hydrogen-bond donors (Lipinski definition) is 1. The molecule has 174 valence electrons. The molecule has 0 radical (unpaired) electrons. The third-order valence-electron chi connectivity index (χ3n) is 6.94. The fraction of sp³-hybridized carbons (Fsp3) is 0.739. The Labute approximate surface area is 185 Å². The van der Waals surface area contributed by atoms with Crippen molar-refractivity contribution in [1.82, 2.24) is 10.2 Å². The summed E-state index contributed by atoms with van der Waals surface area (Å²) in [6, 6.07) is 5.62. The monoisotopic (exact) mass is 458 g/mol. The number of rotatable bonds is 5. The molecule has 2 aliphatic heterocycles. The van der Waals surface area contributed by atoms with Gasteiger partial charge in [-0.15, -0.1) is 0 Å². The largest absolute Gasteiger partial charge is 0.416 e. The van der Waals surface area contributed by atoms with E-state index in [2.05, 4.69) is 10.2 Å². The summed E-state index contributed by atoms with van der Waals surface area (Å²) < 4.78 is 57.7. The van der Waals surface area contributed by atoms with Gasteiger partial charge in [-0.3, -0.25) is 14.4 Å². The Morgan fingerprint density at radius 3 is 2.48 bits per heavy atom. The first-order chi connectivity index (χ1) is 14.9. The zero-order chi connectivity index (χ0) is 21.8.